The number of fused-ring (bicyclic) bond motifs is 7. The molecule has 8 aliphatic carbocycles. The number of hydrogen-bond acceptors (Lipinski definition) is 10. The predicted octanol–water partition coefficient (Wildman–Crippen LogP) is 11.1. The Bertz CT molecular complexity index is 1550. The van der Waals surface area contributed by atoms with E-state index in [1.807, 2.05) is 6.92 Å². The second kappa shape index (κ2) is 18.7. The van der Waals surface area contributed by atoms with Gasteiger partial charge in [0.1, 0.15) is 5.60 Å². The van der Waals surface area contributed by atoms with Crippen molar-refractivity contribution in [3.8, 4) is 0 Å². The number of rotatable bonds is 8. The molecule has 10 nitrogen and oxygen atoms in total. The number of carbonyl (C=O) groups excluding carboxylic acids is 5. The molecule has 11 fully saturated rings. The average molecular weight is 849 g/mol. The minimum absolute atomic E-state index is 0. The van der Waals surface area contributed by atoms with Gasteiger partial charge in [0.2, 0.25) is 6.29 Å². The Balaban J connectivity index is 0.00000155. The SMILES string of the molecule is C.C.C.C.C.C.C.C.CC1C(=O)OC(=O)C1C1C2CCC(C2)C1C(C)(CC1C(C)C2CC1C1COC(=O)C21)C(=O)OC12CC3CC(C1)CC(C(=O)OC1CCCCO1)(C3)C2. The minimum atomic E-state index is -0.911. The van der Waals surface area contributed by atoms with Gasteiger partial charge in [0.25, 0.3) is 0 Å². The Morgan fingerprint density at radius 2 is 1.42 bits per heavy atom. The smallest absolute Gasteiger partial charge is 0.317 e. The van der Waals surface area contributed by atoms with Crippen molar-refractivity contribution < 1.29 is 47.7 Å². The molecule has 11 rings (SSSR count). The Morgan fingerprint density at radius 1 is 0.750 bits per heavy atom. The molecule has 0 aromatic carbocycles. The summed E-state index contributed by atoms with van der Waals surface area (Å²) in [7, 11) is 0. The number of hydrogen-bond donors (Lipinski definition) is 0. The number of esters is 5. The van der Waals surface area contributed by atoms with Gasteiger partial charge in [0, 0.05) is 18.8 Å². The molecule has 8 bridgehead atoms. The summed E-state index contributed by atoms with van der Waals surface area (Å²) in [5, 5.41) is 0. The molecule has 0 aromatic heterocycles. The molecule has 0 radical (unpaired) electrons. The van der Waals surface area contributed by atoms with Crippen LogP contribution in [0.2, 0.25) is 0 Å². The Hall–Kier alpha value is -2.49. The maximum atomic E-state index is 15.6. The molecule has 3 saturated heterocycles. The monoisotopic (exact) mass is 849 g/mol. The van der Waals surface area contributed by atoms with Crippen LogP contribution in [-0.4, -0.2) is 55.0 Å². The zero-order valence-electron chi connectivity index (χ0n) is 31.1. The van der Waals surface area contributed by atoms with Crippen LogP contribution >= 0.6 is 0 Å². The Morgan fingerprint density at radius 3 is 2.03 bits per heavy atom. The molecular weight excluding hydrogens is 761 g/mol. The number of cyclic esters (lactones) is 3. The first-order valence-corrected chi connectivity index (χ1v) is 20.9. The third kappa shape index (κ3) is 7.79. The lowest BCUT2D eigenvalue weighted by molar-refractivity contribution is -0.234. The second-order valence-corrected chi connectivity index (χ2v) is 20.0. The van der Waals surface area contributed by atoms with Crippen LogP contribution in [0.5, 0.6) is 0 Å². The molecule has 10 heteroatoms. The van der Waals surface area contributed by atoms with Crippen molar-refractivity contribution in [1.82, 2.24) is 0 Å². The van der Waals surface area contributed by atoms with Gasteiger partial charge in [0.15, 0.2) is 0 Å². The summed E-state index contributed by atoms with van der Waals surface area (Å²) in [5.74, 6) is -0.317. The van der Waals surface area contributed by atoms with Crippen molar-refractivity contribution in [2.24, 2.45) is 93.7 Å². The summed E-state index contributed by atoms with van der Waals surface area (Å²) in [6, 6.07) is 0. The van der Waals surface area contributed by atoms with Crippen LogP contribution < -0.4 is 0 Å². The lowest BCUT2D eigenvalue weighted by atomic mass is 9.47. The molecule has 8 saturated carbocycles. The fourth-order valence-electron chi connectivity index (χ4n) is 15.8. The standard InChI is InChI=1S/C42H56O10.8CH4/c1-20-26-12-27(29-18-49-36(44)33(26)29)28(20)17-40(3,34-25-8-7-24(11-25)32(34)31-21(2)35(43)51-37(31)45)38(46)52-42-15-22-10-23(16-42)14-41(13-22,19-42)39(47)50-30-6-4-5-9-48-30;;;;;;;;/h20-34H,4-19H2,1-3H3;8*1H4. The summed E-state index contributed by atoms with van der Waals surface area (Å²) in [4.78, 5) is 68.7. The molecule has 348 valence electrons. The summed E-state index contributed by atoms with van der Waals surface area (Å²) < 4.78 is 29.8. The van der Waals surface area contributed by atoms with Crippen molar-refractivity contribution in [2.45, 2.75) is 182 Å². The van der Waals surface area contributed by atoms with Crippen LogP contribution in [0.25, 0.3) is 0 Å². The fourth-order valence-corrected chi connectivity index (χ4v) is 15.8. The summed E-state index contributed by atoms with van der Waals surface area (Å²) in [6.45, 7) is 7.28. The third-order valence-corrected chi connectivity index (χ3v) is 17.4. The van der Waals surface area contributed by atoms with E-state index in [9.17, 15) is 19.2 Å². The van der Waals surface area contributed by atoms with Crippen LogP contribution in [0.4, 0.5) is 0 Å². The van der Waals surface area contributed by atoms with Gasteiger partial charge in [-0.15, -0.1) is 0 Å². The maximum absolute atomic E-state index is 15.6. The molecular formula is C50H88O10. The quantitative estimate of drug-likeness (QED) is 0.132. The zero-order chi connectivity index (χ0) is 35.9. The predicted molar refractivity (Wildman–Crippen MR) is 236 cm³/mol. The molecule has 16 atom stereocenters. The van der Waals surface area contributed by atoms with Crippen molar-refractivity contribution >= 4 is 29.8 Å². The zero-order valence-corrected chi connectivity index (χ0v) is 31.1. The molecule has 0 amide bonds. The van der Waals surface area contributed by atoms with Gasteiger partial charge >= 0.3 is 29.8 Å². The van der Waals surface area contributed by atoms with Crippen LogP contribution in [0, 0.1) is 93.7 Å². The van der Waals surface area contributed by atoms with Crippen LogP contribution in [0.3, 0.4) is 0 Å². The maximum Gasteiger partial charge on any atom is 0.317 e. The molecule has 0 N–H and O–H groups in total. The molecule has 60 heavy (non-hydrogen) atoms. The van der Waals surface area contributed by atoms with Gasteiger partial charge in [-0.1, -0.05) is 73.3 Å². The minimum Gasteiger partial charge on any atom is -0.465 e. The third-order valence-electron chi connectivity index (χ3n) is 17.4. The highest BCUT2D eigenvalue weighted by Crippen LogP contribution is 2.69. The van der Waals surface area contributed by atoms with Crippen molar-refractivity contribution in [1.29, 1.82) is 0 Å². The van der Waals surface area contributed by atoms with E-state index in [1.54, 1.807) is 0 Å². The summed E-state index contributed by atoms with van der Waals surface area (Å²) in [6.07, 6.45) is 11.4. The topological polar surface area (TPSA) is 132 Å². The van der Waals surface area contributed by atoms with E-state index in [4.69, 9.17) is 23.7 Å². The van der Waals surface area contributed by atoms with E-state index in [-0.39, 0.29) is 131 Å². The van der Waals surface area contributed by atoms with Gasteiger partial charge in [-0.05, 0) is 143 Å². The van der Waals surface area contributed by atoms with E-state index in [1.165, 1.54) is 0 Å². The molecule has 3 aliphatic heterocycles. The lowest BCUT2D eigenvalue weighted by Gasteiger charge is -2.60. The van der Waals surface area contributed by atoms with Crippen molar-refractivity contribution in [2.75, 3.05) is 13.2 Å². The number of carbonyl (C=O) groups is 5. The molecule has 16 unspecified atom stereocenters. The largest absolute Gasteiger partial charge is 0.465 e. The second-order valence-electron chi connectivity index (χ2n) is 20.0. The van der Waals surface area contributed by atoms with E-state index < -0.39 is 46.5 Å². The van der Waals surface area contributed by atoms with Crippen LogP contribution in [0.1, 0.15) is 170 Å². The van der Waals surface area contributed by atoms with E-state index in [2.05, 4.69) is 13.8 Å². The first kappa shape index (κ1) is 53.6. The normalized spacial score (nSPS) is 45.1. The fraction of sp³-hybridized carbons (Fsp3) is 0.900. The molecule has 0 spiro atoms. The van der Waals surface area contributed by atoms with E-state index >= 15 is 4.79 Å². The van der Waals surface area contributed by atoms with E-state index in [0.29, 0.717) is 43.8 Å². The Kier molecular flexibility index (Phi) is 16.7. The summed E-state index contributed by atoms with van der Waals surface area (Å²) in [5.41, 5.74) is -2.30. The summed E-state index contributed by atoms with van der Waals surface area (Å²) >= 11 is 0. The first-order valence-electron chi connectivity index (χ1n) is 20.9. The molecule has 0 aromatic rings. The highest BCUT2D eigenvalue weighted by atomic mass is 16.7. The molecule has 11 aliphatic rings. The first-order chi connectivity index (χ1) is 24.9. The van der Waals surface area contributed by atoms with Crippen LogP contribution in [-0.2, 0) is 47.7 Å². The van der Waals surface area contributed by atoms with Gasteiger partial charge in [0.05, 0.1) is 41.8 Å². The van der Waals surface area contributed by atoms with Crippen molar-refractivity contribution in [3.05, 3.63) is 0 Å². The average Bonchev–Trinajstić information content (AvgIpc) is 3.95. The van der Waals surface area contributed by atoms with Gasteiger partial charge in [-0.2, -0.15) is 0 Å². The molecule has 3 heterocycles. The Labute approximate surface area is 365 Å². The van der Waals surface area contributed by atoms with Gasteiger partial charge < -0.3 is 23.7 Å². The van der Waals surface area contributed by atoms with Crippen LogP contribution in [0.15, 0.2) is 0 Å². The lowest BCUT2D eigenvalue weighted by Crippen LogP contribution is -2.61. The highest BCUT2D eigenvalue weighted by molar-refractivity contribution is 5.96. The van der Waals surface area contributed by atoms with Gasteiger partial charge in [-0.3, -0.25) is 24.0 Å². The van der Waals surface area contributed by atoms with E-state index in [0.717, 1.165) is 77.0 Å². The van der Waals surface area contributed by atoms with Gasteiger partial charge in [-0.25, -0.2) is 0 Å². The van der Waals surface area contributed by atoms with Crippen molar-refractivity contribution in [3.63, 3.8) is 0 Å². The highest BCUT2D eigenvalue weighted by Gasteiger charge is 2.69. The number of ether oxygens (including phenoxy) is 5.